The number of aromatic nitrogens is 1. The van der Waals surface area contributed by atoms with Gasteiger partial charge >= 0.3 is 0 Å². The number of carbonyl (C=O) groups excluding carboxylic acids is 1. The Morgan fingerprint density at radius 2 is 2.10 bits per heavy atom. The fourth-order valence-corrected chi connectivity index (χ4v) is 3.24. The summed E-state index contributed by atoms with van der Waals surface area (Å²) < 4.78 is 0. The number of aliphatic hydroxyl groups is 1. The minimum atomic E-state index is 0.0174. The first kappa shape index (κ1) is 14.1. The summed E-state index contributed by atoms with van der Waals surface area (Å²) in [6.45, 7) is 0.796. The summed E-state index contributed by atoms with van der Waals surface area (Å²) in [5, 5.41) is 10.2. The number of anilines is 1. The second-order valence-corrected chi connectivity index (χ2v) is 5.93. The highest BCUT2D eigenvalue weighted by molar-refractivity contribution is 7.99. The van der Waals surface area contributed by atoms with E-state index in [9.17, 15) is 9.90 Å². The molecule has 3 rings (SSSR count). The molecule has 1 N–H and O–H groups in total. The highest BCUT2D eigenvalue weighted by Crippen LogP contribution is 2.30. The van der Waals surface area contributed by atoms with Crippen LogP contribution in [0.3, 0.4) is 0 Å². The van der Waals surface area contributed by atoms with Crippen LogP contribution in [0.1, 0.15) is 18.4 Å². The number of carbonyl (C=O) groups is 1. The topological polar surface area (TPSA) is 53.4 Å². The molecule has 1 aromatic carbocycles. The monoisotopic (exact) mass is 300 g/mol. The van der Waals surface area contributed by atoms with Crippen LogP contribution in [0.2, 0.25) is 0 Å². The molecular weight excluding hydrogens is 284 g/mol. The molecule has 5 heteroatoms. The predicted molar refractivity (Wildman–Crippen MR) is 82.3 cm³/mol. The molecule has 0 saturated carbocycles. The normalized spacial score (nSPS) is 14.7. The van der Waals surface area contributed by atoms with Gasteiger partial charge in [-0.05, 0) is 30.2 Å². The summed E-state index contributed by atoms with van der Waals surface area (Å²) in [7, 11) is 0. The van der Waals surface area contributed by atoms with Gasteiger partial charge in [-0.3, -0.25) is 4.79 Å². The third-order valence-electron chi connectivity index (χ3n) is 3.46. The lowest BCUT2D eigenvalue weighted by atomic mass is 10.2. The first-order valence-corrected chi connectivity index (χ1v) is 7.72. The van der Waals surface area contributed by atoms with Gasteiger partial charge in [0.2, 0.25) is 5.91 Å². The van der Waals surface area contributed by atoms with Gasteiger partial charge in [-0.2, -0.15) is 0 Å². The van der Waals surface area contributed by atoms with Gasteiger partial charge in [0.15, 0.2) is 0 Å². The Hall–Kier alpha value is -1.85. The summed E-state index contributed by atoms with van der Waals surface area (Å²) in [6.07, 6.45) is 3.28. The van der Waals surface area contributed by atoms with Crippen LogP contribution in [-0.4, -0.2) is 22.5 Å². The third kappa shape index (κ3) is 3.09. The number of amides is 1. The van der Waals surface area contributed by atoms with Crippen molar-refractivity contribution in [3.63, 3.8) is 0 Å². The van der Waals surface area contributed by atoms with E-state index in [-0.39, 0.29) is 12.5 Å². The van der Waals surface area contributed by atoms with Crippen LogP contribution in [0.5, 0.6) is 0 Å². The van der Waals surface area contributed by atoms with Crippen LogP contribution in [0, 0.1) is 0 Å². The molecule has 108 valence electrons. The van der Waals surface area contributed by atoms with Gasteiger partial charge in [-0.15, -0.1) is 0 Å². The molecular formula is C16H16N2O2S. The maximum absolute atomic E-state index is 11.7. The zero-order valence-corrected chi connectivity index (χ0v) is 12.3. The summed E-state index contributed by atoms with van der Waals surface area (Å²) in [4.78, 5) is 18.9. The van der Waals surface area contributed by atoms with Gasteiger partial charge in [-0.25, -0.2) is 4.98 Å². The second-order valence-electron chi connectivity index (χ2n) is 4.87. The van der Waals surface area contributed by atoms with Crippen molar-refractivity contribution in [1.29, 1.82) is 0 Å². The average Bonchev–Trinajstić information content (AvgIpc) is 2.95. The molecule has 1 aliphatic rings. The number of nitrogens with zero attached hydrogens (tertiary/aromatic N) is 2. The Morgan fingerprint density at radius 1 is 1.24 bits per heavy atom. The van der Waals surface area contributed by atoms with E-state index in [1.54, 1.807) is 11.1 Å². The molecule has 0 unspecified atom stereocenters. The van der Waals surface area contributed by atoms with Crippen LogP contribution < -0.4 is 4.90 Å². The van der Waals surface area contributed by atoms with Gasteiger partial charge in [0.1, 0.15) is 5.03 Å². The van der Waals surface area contributed by atoms with Crippen LogP contribution in [0.15, 0.2) is 52.5 Å². The van der Waals surface area contributed by atoms with Crippen molar-refractivity contribution in [2.45, 2.75) is 29.4 Å². The van der Waals surface area contributed by atoms with Crippen LogP contribution in [0.25, 0.3) is 0 Å². The van der Waals surface area contributed by atoms with Gasteiger partial charge < -0.3 is 10.0 Å². The number of pyridine rings is 1. The maximum Gasteiger partial charge on any atom is 0.227 e. The molecule has 2 heterocycles. The molecule has 21 heavy (non-hydrogen) atoms. The smallest absolute Gasteiger partial charge is 0.227 e. The molecule has 0 bridgehead atoms. The Bertz CT molecular complexity index is 643. The molecule has 0 aliphatic carbocycles. The standard InChI is InChI=1S/C16H16N2O2S/c19-11-12-4-1-2-5-14(12)21-15-8-7-13(10-17-15)18-9-3-6-16(18)20/h1-2,4-5,7-8,10,19H,3,6,9,11H2. The van der Waals surface area contributed by atoms with Crippen LogP contribution >= 0.6 is 11.8 Å². The fraction of sp³-hybridized carbons (Fsp3) is 0.250. The molecule has 0 spiro atoms. The molecule has 2 aromatic rings. The molecule has 1 fully saturated rings. The minimum absolute atomic E-state index is 0.0174. The van der Waals surface area contributed by atoms with Crippen molar-refractivity contribution < 1.29 is 9.90 Å². The first-order chi connectivity index (χ1) is 10.3. The first-order valence-electron chi connectivity index (χ1n) is 6.91. The molecule has 1 amide bonds. The Labute approximate surface area is 127 Å². The van der Waals surface area contributed by atoms with Crippen molar-refractivity contribution in [2.24, 2.45) is 0 Å². The van der Waals surface area contributed by atoms with Crippen molar-refractivity contribution >= 4 is 23.4 Å². The predicted octanol–water partition coefficient (Wildman–Crippen LogP) is 2.85. The van der Waals surface area contributed by atoms with E-state index in [0.717, 1.165) is 34.1 Å². The molecule has 1 aromatic heterocycles. The molecule has 0 atom stereocenters. The highest BCUT2D eigenvalue weighted by Gasteiger charge is 2.21. The lowest BCUT2D eigenvalue weighted by Gasteiger charge is -2.15. The number of rotatable bonds is 4. The molecule has 1 aliphatic heterocycles. The zero-order chi connectivity index (χ0) is 14.7. The number of benzene rings is 1. The lowest BCUT2D eigenvalue weighted by Crippen LogP contribution is -2.23. The van der Waals surface area contributed by atoms with E-state index >= 15 is 0 Å². The Balaban J connectivity index is 1.77. The maximum atomic E-state index is 11.7. The zero-order valence-electron chi connectivity index (χ0n) is 11.5. The van der Waals surface area contributed by atoms with Crippen LogP contribution in [-0.2, 0) is 11.4 Å². The Kier molecular flexibility index (Phi) is 4.22. The van der Waals surface area contributed by atoms with Gasteiger partial charge in [0.25, 0.3) is 0 Å². The van der Waals surface area contributed by atoms with E-state index < -0.39 is 0 Å². The van der Waals surface area contributed by atoms with Crippen molar-refractivity contribution in [3.8, 4) is 0 Å². The molecule has 1 saturated heterocycles. The van der Waals surface area contributed by atoms with E-state index in [2.05, 4.69) is 4.98 Å². The molecule has 4 nitrogen and oxygen atoms in total. The SMILES string of the molecule is O=C1CCCN1c1ccc(Sc2ccccc2CO)nc1. The number of aliphatic hydroxyl groups excluding tert-OH is 1. The Morgan fingerprint density at radius 3 is 2.76 bits per heavy atom. The van der Waals surface area contributed by atoms with Crippen molar-refractivity contribution in [2.75, 3.05) is 11.4 Å². The van der Waals surface area contributed by atoms with Gasteiger partial charge in [-0.1, -0.05) is 30.0 Å². The quantitative estimate of drug-likeness (QED) is 0.943. The van der Waals surface area contributed by atoms with Crippen molar-refractivity contribution in [3.05, 3.63) is 48.2 Å². The van der Waals surface area contributed by atoms with Crippen molar-refractivity contribution in [1.82, 2.24) is 4.98 Å². The van der Waals surface area contributed by atoms with Gasteiger partial charge in [0.05, 0.1) is 18.5 Å². The second kappa shape index (κ2) is 6.28. The van der Waals surface area contributed by atoms with Crippen LogP contribution in [0.4, 0.5) is 5.69 Å². The summed E-state index contributed by atoms with van der Waals surface area (Å²) in [5.74, 6) is 0.169. The lowest BCUT2D eigenvalue weighted by molar-refractivity contribution is -0.117. The summed E-state index contributed by atoms with van der Waals surface area (Å²) >= 11 is 1.52. The number of hydrogen-bond donors (Lipinski definition) is 1. The van der Waals surface area contributed by atoms with E-state index in [4.69, 9.17) is 0 Å². The highest BCUT2D eigenvalue weighted by atomic mass is 32.2. The largest absolute Gasteiger partial charge is 0.392 e. The van der Waals surface area contributed by atoms with E-state index in [0.29, 0.717) is 6.42 Å². The summed E-state index contributed by atoms with van der Waals surface area (Å²) in [5.41, 5.74) is 1.75. The van der Waals surface area contributed by atoms with Gasteiger partial charge in [0, 0.05) is 17.9 Å². The van der Waals surface area contributed by atoms with E-state index in [1.807, 2.05) is 36.4 Å². The summed E-state index contributed by atoms with van der Waals surface area (Å²) in [6, 6.07) is 11.6. The molecule has 0 radical (unpaired) electrons. The minimum Gasteiger partial charge on any atom is -0.392 e. The fourth-order valence-electron chi connectivity index (χ4n) is 2.36. The average molecular weight is 300 g/mol. The van der Waals surface area contributed by atoms with E-state index in [1.165, 1.54) is 11.8 Å². The number of hydrogen-bond acceptors (Lipinski definition) is 4. The third-order valence-corrected chi connectivity index (χ3v) is 4.53.